The third kappa shape index (κ3) is 1.75. The first-order valence-electron chi connectivity index (χ1n) is 3.64. The molecule has 1 aromatic heterocycles. The zero-order valence-corrected chi connectivity index (χ0v) is 6.95. The van der Waals surface area contributed by atoms with E-state index in [9.17, 15) is 4.79 Å². The second-order valence-corrected chi connectivity index (χ2v) is 2.78. The minimum Gasteiger partial charge on any atom is -0.477 e. The quantitative estimate of drug-likeness (QED) is 0.693. The highest BCUT2D eigenvalue weighted by Crippen LogP contribution is 2.04. The third-order valence-electron chi connectivity index (χ3n) is 1.49. The summed E-state index contributed by atoms with van der Waals surface area (Å²) in [5.74, 6) is -0.902. The van der Waals surface area contributed by atoms with Crippen LogP contribution < -0.4 is 0 Å². The molecular formula is C9H11NO2. The van der Waals surface area contributed by atoms with Crippen LogP contribution in [-0.2, 0) is 6.54 Å². The average Bonchev–Trinajstić information content (AvgIpc) is 2.33. The first-order valence-corrected chi connectivity index (χ1v) is 3.64. The molecule has 0 saturated heterocycles. The summed E-state index contributed by atoms with van der Waals surface area (Å²) in [7, 11) is 0. The van der Waals surface area contributed by atoms with Crippen LogP contribution in [0.2, 0.25) is 0 Å². The lowest BCUT2D eigenvalue weighted by Crippen LogP contribution is -2.07. The number of carboxylic acid groups (broad SMARTS) is 1. The van der Waals surface area contributed by atoms with Gasteiger partial charge in [0.1, 0.15) is 5.69 Å². The van der Waals surface area contributed by atoms with Crippen LogP contribution in [-0.4, -0.2) is 15.6 Å². The van der Waals surface area contributed by atoms with Gasteiger partial charge in [-0.3, -0.25) is 0 Å². The molecule has 1 heterocycles. The average molecular weight is 165 g/mol. The lowest BCUT2D eigenvalue weighted by Gasteiger charge is -2.04. The number of aromatic carboxylic acids is 1. The van der Waals surface area contributed by atoms with Gasteiger partial charge in [-0.15, -0.1) is 0 Å². The Bertz CT molecular complexity index is 312. The van der Waals surface area contributed by atoms with Crippen LogP contribution in [0, 0.1) is 0 Å². The van der Waals surface area contributed by atoms with Gasteiger partial charge in [0.25, 0.3) is 0 Å². The summed E-state index contributed by atoms with van der Waals surface area (Å²) >= 11 is 0. The summed E-state index contributed by atoms with van der Waals surface area (Å²) in [6.07, 6.45) is 1.73. The number of rotatable bonds is 3. The predicted octanol–water partition coefficient (Wildman–Crippen LogP) is 1.76. The predicted molar refractivity (Wildman–Crippen MR) is 46.2 cm³/mol. The van der Waals surface area contributed by atoms with Gasteiger partial charge in [-0.25, -0.2) is 4.79 Å². The van der Waals surface area contributed by atoms with Gasteiger partial charge >= 0.3 is 5.97 Å². The maximum absolute atomic E-state index is 10.6. The molecule has 0 aliphatic carbocycles. The van der Waals surface area contributed by atoms with Crippen LogP contribution in [0.4, 0.5) is 0 Å². The summed E-state index contributed by atoms with van der Waals surface area (Å²) in [5.41, 5.74) is 1.24. The van der Waals surface area contributed by atoms with E-state index in [-0.39, 0.29) is 0 Å². The van der Waals surface area contributed by atoms with E-state index in [0.717, 1.165) is 5.57 Å². The molecule has 0 aromatic carbocycles. The molecule has 1 N–H and O–H groups in total. The molecule has 64 valence electrons. The van der Waals surface area contributed by atoms with Crippen molar-refractivity contribution in [2.75, 3.05) is 0 Å². The smallest absolute Gasteiger partial charge is 0.352 e. The van der Waals surface area contributed by atoms with Crippen molar-refractivity contribution in [3.63, 3.8) is 0 Å². The minimum absolute atomic E-state index is 0.304. The monoisotopic (exact) mass is 165 g/mol. The van der Waals surface area contributed by atoms with E-state index in [0.29, 0.717) is 12.2 Å². The molecule has 0 atom stereocenters. The zero-order valence-electron chi connectivity index (χ0n) is 6.95. The van der Waals surface area contributed by atoms with Crippen LogP contribution in [0.1, 0.15) is 17.4 Å². The van der Waals surface area contributed by atoms with Crippen molar-refractivity contribution in [1.82, 2.24) is 4.57 Å². The molecule has 0 fully saturated rings. The lowest BCUT2D eigenvalue weighted by atomic mass is 10.3. The highest BCUT2D eigenvalue weighted by atomic mass is 16.4. The van der Waals surface area contributed by atoms with Crippen molar-refractivity contribution < 1.29 is 9.90 Å². The lowest BCUT2D eigenvalue weighted by molar-refractivity contribution is 0.0685. The number of hydrogen-bond donors (Lipinski definition) is 1. The maximum Gasteiger partial charge on any atom is 0.352 e. The summed E-state index contributed by atoms with van der Waals surface area (Å²) < 4.78 is 1.66. The van der Waals surface area contributed by atoms with E-state index in [4.69, 9.17) is 5.11 Å². The molecule has 3 heteroatoms. The summed E-state index contributed by atoms with van der Waals surface area (Å²) in [6.45, 7) is 6.15. The molecular weight excluding hydrogens is 154 g/mol. The Hall–Kier alpha value is -1.51. The normalized spacial score (nSPS) is 9.75. The van der Waals surface area contributed by atoms with E-state index < -0.39 is 5.97 Å². The number of nitrogens with zero attached hydrogens (tertiary/aromatic N) is 1. The second-order valence-electron chi connectivity index (χ2n) is 2.78. The minimum atomic E-state index is -0.902. The Labute approximate surface area is 70.9 Å². The van der Waals surface area contributed by atoms with Gasteiger partial charge in [0.15, 0.2) is 0 Å². The number of hydrogen-bond acceptors (Lipinski definition) is 1. The highest BCUT2D eigenvalue weighted by molar-refractivity contribution is 5.85. The van der Waals surface area contributed by atoms with Gasteiger partial charge in [-0.2, -0.15) is 0 Å². The van der Waals surface area contributed by atoms with Crippen molar-refractivity contribution in [3.05, 3.63) is 36.2 Å². The molecule has 0 aliphatic heterocycles. The van der Waals surface area contributed by atoms with E-state index in [1.807, 2.05) is 6.92 Å². The molecule has 0 saturated carbocycles. The number of allylic oxidation sites excluding steroid dienone is 1. The Kier molecular flexibility index (Phi) is 2.33. The van der Waals surface area contributed by atoms with Crippen molar-refractivity contribution >= 4 is 5.97 Å². The Balaban J connectivity index is 2.91. The Morgan fingerprint density at radius 2 is 2.42 bits per heavy atom. The topological polar surface area (TPSA) is 42.2 Å². The molecule has 1 rings (SSSR count). The number of carbonyl (C=O) groups is 1. The number of carboxylic acids is 1. The van der Waals surface area contributed by atoms with Crippen molar-refractivity contribution in [2.45, 2.75) is 13.5 Å². The highest BCUT2D eigenvalue weighted by Gasteiger charge is 2.07. The van der Waals surface area contributed by atoms with Crippen molar-refractivity contribution in [1.29, 1.82) is 0 Å². The van der Waals surface area contributed by atoms with E-state index in [1.54, 1.807) is 22.9 Å². The first-order chi connectivity index (χ1) is 5.61. The van der Waals surface area contributed by atoms with Gasteiger partial charge in [0.2, 0.25) is 0 Å². The fourth-order valence-corrected chi connectivity index (χ4v) is 1.04. The second kappa shape index (κ2) is 3.26. The van der Waals surface area contributed by atoms with Crippen LogP contribution in [0.5, 0.6) is 0 Å². The molecule has 0 amide bonds. The Morgan fingerprint density at radius 1 is 1.75 bits per heavy atom. The fraction of sp³-hybridized carbons (Fsp3) is 0.222. The van der Waals surface area contributed by atoms with Crippen molar-refractivity contribution in [3.8, 4) is 0 Å². The first kappa shape index (κ1) is 8.59. The molecule has 12 heavy (non-hydrogen) atoms. The third-order valence-corrected chi connectivity index (χ3v) is 1.49. The van der Waals surface area contributed by atoms with Gasteiger partial charge < -0.3 is 9.67 Å². The SMILES string of the molecule is C=C(C)Cn1cccc1C(=O)O. The maximum atomic E-state index is 10.6. The molecule has 0 unspecified atom stereocenters. The molecule has 1 aromatic rings. The van der Waals surface area contributed by atoms with Gasteiger partial charge in [-0.05, 0) is 19.1 Å². The summed E-state index contributed by atoms with van der Waals surface area (Å²) in [6, 6.07) is 3.29. The summed E-state index contributed by atoms with van der Waals surface area (Å²) in [5, 5.41) is 8.72. The van der Waals surface area contributed by atoms with Crippen LogP contribution >= 0.6 is 0 Å². The van der Waals surface area contributed by atoms with Gasteiger partial charge in [-0.1, -0.05) is 12.2 Å². The van der Waals surface area contributed by atoms with E-state index >= 15 is 0 Å². The fourth-order valence-electron chi connectivity index (χ4n) is 1.04. The van der Waals surface area contributed by atoms with Gasteiger partial charge in [0, 0.05) is 12.7 Å². The standard InChI is InChI=1S/C9H11NO2/c1-7(2)6-10-5-3-4-8(10)9(11)12/h3-5H,1,6H2,2H3,(H,11,12). The largest absolute Gasteiger partial charge is 0.477 e. The molecule has 0 aliphatic rings. The number of aromatic nitrogens is 1. The molecule has 0 spiro atoms. The van der Waals surface area contributed by atoms with Gasteiger partial charge in [0.05, 0.1) is 0 Å². The molecule has 0 radical (unpaired) electrons. The molecule has 3 nitrogen and oxygen atoms in total. The van der Waals surface area contributed by atoms with E-state index in [2.05, 4.69) is 6.58 Å². The summed E-state index contributed by atoms with van der Waals surface area (Å²) in [4.78, 5) is 10.6. The molecule has 0 bridgehead atoms. The van der Waals surface area contributed by atoms with E-state index in [1.165, 1.54) is 0 Å². The van der Waals surface area contributed by atoms with Crippen molar-refractivity contribution in [2.24, 2.45) is 0 Å². The Morgan fingerprint density at radius 3 is 2.92 bits per heavy atom. The van der Waals surface area contributed by atoms with Crippen LogP contribution in [0.15, 0.2) is 30.5 Å². The van der Waals surface area contributed by atoms with Crippen LogP contribution in [0.3, 0.4) is 0 Å². The van der Waals surface area contributed by atoms with Crippen LogP contribution in [0.25, 0.3) is 0 Å². The zero-order chi connectivity index (χ0) is 9.14.